The van der Waals surface area contributed by atoms with Crippen molar-refractivity contribution < 1.29 is 13.2 Å². The van der Waals surface area contributed by atoms with Crippen molar-refractivity contribution in [3.63, 3.8) is 0 Å². The second-order valence-electron chi connectivity index (χ2n) is 6.76. The average Bonchev–Trinajstić information content (AvgIpc) is 2.80. The molecule has 0 radical (unpaired) electrons. The standard InChI is InChI=1S/C23H17ClN4O3S/c24-22-18(14-17-6-4-5-9-21(17)26-22)15-25-27-23(29)16-10-12-19(13-11-16)28-32(30,31)20-7-2-1-3-8-20/h1-15,28H,(H,27,29)/b25-15+. The molecule has 160 valence electrons. The van der Waals surface area contributed by atoms with E-state index in [-0.39, 0.29) is 10.0 Å². The van der Waals surface area contributed by atoms with Crippen molar-refractivity contribution in [1.29, 1.82) is 0 Å². The molecule has 1 aromatic heterocycles. The van der Waals surface area contributed by atoms with Crippen LogP contribution in [0.25, 0.3) is 10.9 Å². The molecule has 0 unspecified atom stereocenters. The highest BCUT2D eigenvalue weighted by molar-refractivity contribution is 7.92. The molecule has 7 nitrogen and oxygen atoms in total. The first-order valence-electron chi connectivity index (χ1n) is 9.49. The van der Waals surface area contributed by atoms with Gasteiger partial charge in [0.25, 0.3) is 15.9 Å². The normalized spacial score (nSPS) is 11.5. The van der Waals surface area contributed by atoms with Crippen molar-refractivity contribution in [2.75, 3.05) is 4.72 Å². The number of hydrogen-bond donors (Lipinski definition) is 2. The van der Waals surface area contributed by atoms with Crippen LogP contribution in [0.5, 0.6) is 0 Å². The first kappa shape index (κ1) is 21.5. The average molecular weight is 465 g/mol. The van der Waals surface area contributed by atoms with Crippen molar-refractivity contribution in [2.45, 2.75) is 4.90 Å². The lowest BCUT2D eigenvalue weighted by Gasteiger charge is -2.08. The Morgan fingerprint density at radius 3 is 2.38 bits per heavy atom. The summed E-state index contributed by atoms with van der Waals surface area (Å²) in [5, 5.41) is 5.12. The van der Waals surface area contributed by atoms with E-state index in [0.29, 0.717) is 16.8 Å². The number of para-hydroxylation sites is 1. The minimum Gasteiger partial charge on any atom is -0.280 e. The van der Waals surface area contributed by atoms with Gasteiger partial charge in [0, 0.05) is 22.2 Å². The maximum atomic E-state index is 12.4. The lowest BCUT2D eigenvalue weighted by atomic mass is 10.2. The number of benzene rings is 3. The Balaban J connectivity index is 1.42. The first-order valence-corrected chi connectivity index (χ1v) is 11.4. The first-order chi connectivity index (χ1) is 15.4. The molecule has 1 amide bonds. The Morgan fingerprint density at radius 2 is 1.62 bits per heavy atom. The number of fused-ring (bicyclic) bond motifs is 1. The quantitative estimate of drug-likeness (QED) is 0.250. The summed E-state index contributed by atoms with van der Waals surface area (Å²) < 4.78 is 27.2. The van der Waals surface area contributed by atoms with E-state index in [1.165, 1.54) is 42.6 Å². The Hall–Kier alpha value is -3.75. The van der Waals surface area contributed by atoms with E-state index in [9.17, 15) is 13.2 Å². The van der Waals surface area contributed by atoms with Crippen LogP contribution < -0.4 is 10.1 Å². The van der Waals surface area contributed by atoms with E-state index in [1.807, 2.05) is 30.3 Å². The maximum Gasteiger partial charge on any atom is 0.271 e. The molecule has 4 aromatic rings. The van der Waals surface area contributed by atoms with Crippen LogP contribution >= 0.6 is 11.6 Å². The fraction of sp³-hybridized carbons (Fsp3) is 0. The van der Waals surface area contributed by atoms with Gasteiger partial charge in [0.15, 0.2) is 0 Å². The van der Waals surface area contributed by atoms with Gasteiger partial charge in [-0.15, -0.1) is 0 Å². The van der Waals surface area contributed by atoms with E-state index in [1.54, 1.807) is 18.2 Å². The third-order valence-corrected chi connectivity index (χ3v) is 6.23. The number of hydrazone groups is 1. The van der Waals surface area contributed by atoms with Crippen molar-refractivity contribution in [1.82, 2.24) is 10.4 Å². The third-order valence-electron chi connectivity index (χ3n) is 4.53. The van der Waals surface area contributed by atoms with Gasteiger partial charge in [0.1, 0.15) is 5.15 Å². The van der Waals surface area contributed by atoms with Crippen molar-refractivity contribution >= 4 is 50.3 Å². The predicted octanol–water partition coefficient (Wildman–Crippen LogP) is 4.45. The third kappa shape index (κ3) is 4.93. The van der Waals surface area contributed by atoms with Gasteiger partial charge in [0.2, 0.25) is 0 Å². The number of amides is 1. The molecule has 0 aliphatic rings. The smallest absolute Gasteiger partial charge is 0.271 e. The highest BCUT2D eigenvalue weighted by Gasteiger charge is 2.14. The summed E-state index contributed by atoms with van der Waals surface area (Å²) in [6, 6.07) is 23.4. The number of pyridine rings is 1. The number of carbonyl (C=O) groups excluding carboxylic acids is 1. The van der Waals surface area contributed by atoms with Gasteiger partial charge in [-0.3, -0.25) is 9.52 Å². The lowest BCUT2D eigenvalue weighted by Crippen LogP contribution is -2.18. The number of halogens is 1. The molecule has 2 N–H and O–H groups in total. The number of anilines is 1. The van der Waals surface area contributed by atoms with Crippen LogP contribution in [-0.2, 0) is 10.0 Å². The SMILES string of the molecule is O=C(N/N=C/c1cc2ccccc2nc1Cl)c1ccc(NS(=O)(=O)c2ccccc2)cc1. The molecule has 32 heavy (non-hydrogen) atoms. The van der Waals surface area contributed by atoms with Crippen molar-refractivity contribution in [3.05, 3.63) is 101 Å². The Morgan fingerprint density at radius 1 is 0.938 bits per heavy atom. The number of sulfonamides is 1. The number of carbonyl (C=O) groups is 1. The van der Waals surface area contributed by atoms with Gasteiger partial charge in [-0.25, -0.2) is 18.8 Å². The molecule has 4 rings (SSSR count). The second kappa shape index (κ2) is 9.17. The highest BCUT2D eigenvalue weighted by Crippen LogP contribution is 2.19. The molecule has 0 aliphatic heterocycles. The maximum absolute atomic E-state index is 12.4. The zero-order chi connectivity index (χ0) is 22.6. The molecule has 9 heteroatoms. The predicted molar refractivity (Wildman–Crippen MR) is 126 cm³/mol. The number of nitrogens with zero attached hydrogens (tertiary/aromatic N) is 2. The van der Waals surface area contributed by atoms with E-state index in [4.69, 9.17) is 11.6 Å². The lowest BCUT2D eigenvalue weighted by molar-refractivity contribution is 0.0955. The van der Waals surface area contributed by atoms with Crippen LogP contribution in [0.3, 0.4) is 0 Å². The topological polar surface area (TPSA) is 101 Å². The summed E-state index contributed by atoms with van der Waals surface area (Å²) >= 11 is 6.18. The van der Waals surface area contributed by atoms with Crippen LogP contribution in [0.2, 0.25) is 5.15 Å². The number of hydrogen-bond acceptors (Lipinski definition) is 5. The molecular formula is C23H17ClN4O3S. The molecule has 0 fully saturated rings. The van der Waals surface area contributed by atoms with Crippen molar-refractivity contribution in [2.24, 2.45) is 5.10 Å². The van der Waals surface area contributed by atoms with Crippen LogP contribution in [0.4, 0.5) is 5.69 Å². The zero-order valence-corrected chi connectivity index (χ0v) is 18.1. The summed E-state index contributed by atoms with van der Waals surface area (Å²) in [7, 11) is -3.70. The van der Waals surface area contributed by atoms with Gasteiger partial charge in [-0.05, 0) is 48.5 Å². The van der Waals surface area contributed by atoms with E-state index >= 15 is 0 Å². The van der Waals surface area contributed by atoms with E-state index in [2.05, 4.69) is 20.2 Å². The molecule has 0 saturated heterocycles. The van der Waals surface area contributed by atoms with Gasteiger partial charge >= 0.3 is 0 Å². The summed E-state index contributed by atoms with van der Waals surface area (Å²) in [5.41, 5.74) is 4.40. The largest absolute Gasteiger partial charge is 0.280 e. The Labute approximate surface area is 189 Å². The summed E-state index contributed by atoms with van der Waals surface area (Å²) in [6.45, 7) is 0. The molecule has 0 spiro atoms. The molecule has 0 saturated carbocycles. The summed E-state index contributed by atoms with van der Waals surface area (Å²) in [5.74, 6) is -0.455. The zero-order valence-electron chi connectivity index (χ0n) is 16.6. The summed E-state index contributed by atoms with van der Waals surface area (Å²) in [6.07, 6.45) is 1.42. The van der Waals surface area contributed by atoms with Crippen molar-refractivity contribution in [3.8, 4) is 0 Å². The molecule has 1 heterocycles. The number of nitrogens with one attached hydrogen (secondary N) is 2. The van der Waals surface area contributed by atoms with Crippen LogP contribution in [-0.4, -0.2) is 25.5 Å². The molecular weight excluding hydrogens is 448 g/mol. The minimum absolute atomic E-state index is 0.151. The summed E-state index contributed by atoms with van der Waals surface area (Å²) in [4.78, 5) is 16.8. The van der Waals surface area contributed by atoms with E-state index < -0.39 is 15.9 Å². The van der Waals surface area contributed by atoms with Crippen LogP contribution in [0.15, 0.2) is 94.9 Å². The molecule has 0 bridgehead atoms. The van der Waals surface area contributed by atoms with Gasteiger partial charge in [0.05, 0.1) is 16.6 Å². The van der Waals surface area contributed by atoms with E-state index in [0.717, 1.165) is 10.9 Å². The Bertz CT molecular complexity index is 1410. The van der Waals surface area contributed by atoms with Gasteiger partial charge in [-0.2, -0.15) is 5.10 Å². The Kier molecular flexibility index (Phi) is 6.16. The number of rotatable bonds is 6. The fourth-order valence-electron chi connectivity index (χ4n) is 2.93. The molecule has 0 aliphatic carbocycles. The monoisotopic (exact) mass is 464 g/mol. The van der Waals surface area contributed by atoms with Crippen LogP contribution in [0.1, 0.15) is 15.9 Å². The van der Waals surface area contributed by atoms with Gasteiger partial charge in [-0.1, -0.05) is 48.0 Å². The van der Waals surface area contributed by atoms with Crippen LogP contribution in [0, 0.1) is 0 Å². The van der Waals surface area contributed by atoms with Gasteiger partial charge < -0.3 is 0 Å². The molecule has 3 aromatic carbocycles. The fourth-order valence-corrected chi connectivity index (χ4v) is 4.20. The minimum atomic E-state index is -3.70. The molecule has 0 atom stereocenters. The number of aromatic nitrogens is 1. The second-order valence-corrected chi connectivity index (χ2v) is 8.80. The highest BCUT2D eigenvalue weighted by atomic mass is 35.5.